The van der Waals surface area contributed by atoms with Gasteiger partial charge in [-0.05, 0) is 62.0 Å². The average Bonchev–Trinajstić information content (AvgIpc) is 2.78. The summed E-state index contributed by atoms with van der Waals surface area (Å²) >= 11 is 0. The maximum Gasteiger partial charge on any atom is 0.226 e. The number of carbonyl (C=O) groups excluding carboxylic acids is 1. The minimum absolute atomic E-state index is 0.0707. The number of piperidine rings is 2. The highest BCUT2D eigenvalue weighted by atomic mass is 16.6. The van der Waals surface area contributed by atoms with Gasteiger partial charge in [0.05, 0.1) is 5.41 Å². The van der Waals surface area contributed by atoms with Crippen molar-refractivity contribution in [1.29, 1.82) is 0 Å². The molecule has 3 heterocycles. The molecule has 0 unspecified atom stereocenters. The molecule has 29 heavy (non-hydrogen) atoms. The van der Waals surface area contributed by atoms with Gasteiger partial charge in [-0.1, -0.05) is 36.4 Å². The zero-order chi connectivity index (χ0) is 19.7. The van der Waals surface area contributed by atoms with Crippen molar-refractivity contribution in [3.05, 3.63) is 59.7 Å². The number of amides is 1. The summed E-state index contributed by atoms with van der Waals surface area (Å²) in [5, 5.41) is 3.07. The molecule has 1 spiro atoms. The van der Waals surface area contributed by atoms with E-state index in [0.717, 1.165) is 68.9 Å². The van der Waals surface area contributed by atoms with Crippen LogP contribution in [-0.4, -0.2) is 37.0 Å². The lowest BCUT2D eigenvalue weighted by atomic mass is 9.72. The smallest absolute Gasteiger partial charge is 0.226 e. The Bertz CT molecular complexity index is 872. The zero-order valence-electron chi connectivity index (χ0n) is 16.7. The molecule has 152 valence electrons. The number of hydrogen-bond acceptors (Lipinski definition) is 4. The van der Waals surface area contributed by atoms with E-state index in [2.05, 4.69) is 34.5 Å². The molecule has 0 radical (unpaired) electrons. The Morgan fingerprint density at radius 2 is 1.76 bits per heavy atom. The summed E-state index contributed by atoms with van der Waals surface area (Å²) in [5.74, 6) is 1.90. The zero-order valence-corrected chi connectivity index (χ0v) is 16.7. The van der Waals surface area contributed by atoms with Gasteiger partial charge >= 0.3 is 0 Å². The molecule has 3 aliphatic heterocycles. The van der Waals surface area contributed by atoms with E-state index in [0.29, 0.717) is 6.61 Å². The van der Waals surface area contributed by atoms with Crippen molar-refractivity contribution in [3.8, 4) is 11.5 Å². The molecule has 0 saturated carbocycles. The van der Waals surface area contributed by atoms with Crippen molar-refractivity contribution < 1.29 is 14.3 Å². The third-order valence-corrected chi connectivity index (χ3v) is 6.68. The van der Waals surface area contributed by atoms with Crippen molar-refractivity contribution in [2.24, 2.45) is 5.41 Å². The number of likely N-dealkylation sites (tertiary alicyclic amines) is 1. The molecule has 0 bridgehead atoms. The highest BCUT2D eigenvalue weighted by Crippen LogP contribution is 2.39. The normalized spacial score (nSPS) is 23.6. The summed E-state index contributed by atoms with van der Waals surface area (Å²) in [6.07, 6.45) is 4.05. The summed E-state index contributed by atoms with van der Waals surface area (Å²) in [5.41, 5.74) is 2.34. The molecule has 1 N–H and O–H groups in total. The van der Waals surface area contributed by atoms with Crippen LogP contribution in [0.2, 0.25) is 0 Å². The molecule has 0 aliphatic carbocycles. The van der Waals surface area contributed by atoms with Gasteiger partial charge in [0.25, 0.3) is 0 Å². The SMILES string of the molecule is O=C1NCCCC12CCN(Cc1ccc([C@H]3COc4ccccc4O3)cc1)CC2. The van der Waals surface area contributed by atoms with Crippen LogP contribution >= 0.6 is 0 Å². The number of hydrogen-bond donors (Lipinski definition) is 1. The Kier molecular flexibility index (Phi) is 4.92. The highest BCUT2D eigenvalue weighted by molar-refractivity contribution is 5.83. The summed E-state index contributed by atoms with van der Waals surface area (Å²) in [6.45, 7) is 4.30. The van der Waals surface area contributed by atoms with E-state index >= 15 is 0 Å². The van der Waals surface area contributed by atoms with Gasteiger partial charge in [0.15, 0.2) is 17.6 Å². The van der Waals surface area contributed by atoms with Crippen LogP contribution in [0.25, 0.3) is 0 Å². The van der Waals surface area contributed by atoms with Crippen LogP contribution < -0.4 is 14.8 Å². The van der Waals surface area contributed by atoms with Crippen molar-refractivity contribution in [1.82, 2.24) is 10.2 Å². The van der Waals surface area contributed by atoms with Gasteiger partial charge in [-0.3, -0.25) is 9.69 Å². The number of fused-ring (bicyclic) bond motifs is 1. The second kappa shape index (κ2) is 7.71. The Morgan fingerprint density at radius 1 is 1.00 bits per heavy atom. The molecule has 1 atom stereocenters. The van der Waals surface area contributed by atoms with Crippen LogP contribution in [0.5, 0.6) is 11.5 Å². The van der Waals surface area contributed by atoms with E-state index in [9.17, 15) is 4.79 Å². The lowest BCUT2D eigenvalue weighted by Gasteiger charge is -2.42. The van der Waals surface area contributed by atoms with E-state index in [-0.39, 0.29) is 17.4 Å². The van der Waals surface area contributed by atoms with Gasteiger partial charge < -0.3 is 14.8 Å². The quantitative estimate of drug-likeness (QED) is 0.866. The molecule has 2 aromatic rings. The molecule has 5 rings (SSSR count). The Balaban J connectivity index is 1.18. The molecule has 5 nitrogen and oxygen atoms in total. The monoisotopic (exact) mass is 392 g/mol. The molecular formula is C24H28N2O3. The first kappa shape index (κ1) is 18.5. The van der Waals surface area contributed by atoms with Crippen LogP contribution in [-0.2, 0) is 11.3 Å². The topological polar surface area (TPSA) is 50.8 Å². The maximum absolute atomic E-state index is 12.3. The first-order chi connectivity index (χ1) is 14.2. The summed E-state index contributed by atoms with van der Waals surface area (Å²) in [7, 11) is 0. The predicted molar refractivity (Wildman–Crippen MR) is 111 cm³/mol. The van der Waals surface area contributed by atoms with Crippen LogP contribution in [0.3, 0.4) is 0 Å². The van der Waals surface area contributed by atoms with Gasteiger partial charge in [0, 0.05) is 13.1 Å². The number of benzene rings is 2. The number of nitrogens with zero attached hydrogens (tertiary/aromatic N) is 1. The average molecular weight is 392 g/mol. The fourth-order valence-electron chi connectivity index (χ4n) is 4.83. The minimum Gasteiger partial charge on any atom is -0.485 e. The summed E-state index contributed by atoms with van der Waals surface area (Å²) in [6, 6.07) is 16.5. The molecule has 2 saturated heterocycles. The van der Waals surface area contributed by atoms with Gasteiger partial charge in [0.2, 0.25) is 5.91 Å². The number of nitrogens with one attached hydrogen (secondary N) is 1. The molecular weight excluding hydrogens is 364 g/mol. The van der Waals surface area contributed by atoms with E-state index in [1.54, 1.807) is 0 Å². The summed E-state index contributed by atoms with van der Waals surface area (Å²) < 4.78 is 11.9. The van der Waals surface area contributed by atoms with E-state index < -0.39 is 0 Å². The largest absolute Gasteiger partial charge is 0.485 e. The Morgan fingerprint density at radius 3 is 2.52 bits per heavy atom. The second-order valence-electron chi connectivity index (χ2n) is 8.52. The lowest BCUT2D eigenvalue weighted by Crippen LogP contribution is -2.51. The number of rotatable bonds is 3. The lowest BCUT2D eigenvalue weighted by molar-refractivity contribution is -0.136. The minimum atomic E-state index is -0.104. The molecule has 1 amide bonds. The van der Waals surface area contributed by atoms with E-state index in [1.165, 1.54) is 5.56 Å². The van der Waals surface area contributed by atoms with E-state index in [1.807, 2.05) is 24.3 Å². The second-order valence-corrected chi connectivity index (χ2v) is 8.52. The fourth-order valence-corrected chi connectivity index (χ4v) is 4.83. The third kappa shape index (κ3) is 3.71. The first-order valence-electron chi connectivity index (χ1n) is 10.7. The first-order valence-corrected chi connectivity index (χ1v) is 10.7. The molecule has 0 aromatic heterocycles. The third-order valence-electron chi connectivity index (χ3n) is 6.68. The van der Waals surface area contributed by atoms with Crippen molar-refractivity contribution in [2.75, 3.05) is 26.2 Å². The molecule has 2 fully saturated rings. The number of ether oxygens (including phenoxy) is 2. The summed E-state index contributed by atoms with van der Waals surface area (Å²) in [4.78, 5) is 14.8. The van der Waals surface area contributed by atoms with Gasteiger partial charge in [0.1, 0.15) is 6.61 Å². The fraction of sp³-hybridized carbons (Fsp3) is 0.458. The van der Waals surface area contributed by atoms with Crippen LogP contribution in [0.4, 0.5) is 0 Å². The van der Waals surface area contributed by atoms with Crippen LogP contribution in [0.1, 0.15) is 42.9 Å². The van der Waals surface area contributed by atoms with E-state index in [4.69, 9.17) is 9.47 Å². The highest BCUT2D eigenvalue weighted by Gasteiger charge is 2.42. The van der Waals surface area contributed by atoms with Gasteiger partial charge in [-0.2, -0.15) is 0 Å². The van der Waals surface area contributed by atoms with Crippen molar-refractivity contribution in [3.63, 3.8) is 0 Å². The molecule has 2 aromatic carbocycles. The Hall–Kier alpha value is -2.53. The van der Waals surface area contributed by atoms with Crippen LogP contribution in [0, 0.1) is 5.41 Å². The van der Waals surface area contributed by atoms with Gasteiger partial charge in [-0.25, -0.2) is 0 Å². The van der Waals surface area contributed by atoms with Crippen LogP contribution in [0.15, 0.2) is 48.5 Å². The standard InChI is InChI=1S/C24H28N2O3/c27-23-24(10-3-13-25-23)11-14-26(15-12-24)16-18-6-8-19(9-7-18)22-17-28-20-4-1-2-5-21(20)29-22/h1-2,4-9,22H,3,10-17H2,(H,25,27)/t22-/m1/s1. The maximum atomic E-state index is 12.3. The molecule has 5 heteroatoms. The van der Waals surface area contributed by atoms with Crippen molar-refractivity contribution in [2.45, 2.75) is 38.3 Å². The number of para-hydroxylation sites is 2. The molecule has 3 aliphatic rings. The Labute approximate surface area is 172 Å². The van der Waals surface area contributed by atoms with Gasteiger partial charge in [-0.15, -0.1) is 0 Å². The number of carbonyl (C=O) groups is 1. The predicted octanol–water partition coefficient (Wildman–Crippen LogP) is 3.69. The van der Waals surface area contributed by atoms with Crippen molar-refractivity contribution >= 4 is 5.91 Å².